The Morgan fingerprint density at radius 3 is 1.45 bits per heavy atom. The Balaban J connectivity index is 4.09. The van der Waals surface area contributed by atoms with Gasteiger partial charge in [0, 0.05) is 12.1 Å². The minimum atomic E-state index is 0.279. The first-order valence-corrected chi connectivity index (χ1v) is 5.12. The summed E-state index contributed by atoms with van der Waals surface area (Å²) in [5.74, 6) is 0. The quantitative estimate of drug-likeness (QED) is 0.462. The van der Waals surface area contributed by atoms with Crippen LogP contribution in [0.5, 0.6) is 0 Å². The first kappa shape index (κ1) is 11.1. The van der Waals surface area contributed by atoms with Gasteiger partial charge in [0.15, 0.2) is 0 Å². The smallest absolute Gasteiger partial charge is 0.148 e. The predicted molar refractivity (Wildman–Crippen MR) is 52.6 cm³/mol. The summed E-state index contributed by atoms with van der Waals surface area (Å²) >= 11 is 0. The van der Waals surface area contributed by atoms with Gasteiger partial charge in [0.05, 0.1) is 6.23 Å². The van der Waals surface area contributed by atoms with Crippen LogP contribution in [0.15, 0.2) is 0 Å². The van der Waals surface area contributed by atoms with Crippen LogP contribution in [-0.2, 0) is 4.43 Å². The molecule has 0 amide bonds. The number of hydrogen-bond acceptors (Lipinski definition) is 2. The largest absolute Gasteiger partial charge is 0.413 e. The molecule has 0 radical (unpaired) electrons. The van der Waals surface area contributed by atoms with Gasteiger partial charge in [-0.15, -0.1) is 0 Å². The molecule has 0 saturated carbocycles. The van der Waals surface area contributed by atoms with Gasteiger partial charge < -0.3 is 4.43 Å². The number of rotatable bonds is 4. The fourth-order valence-electron chi connectivity index (χ4n) is 1.56. The lowest BCUT2D eigenvalue weighted by atomic mass is 10.2. The van der Waals surface area contributed by atoms with Crippen LogP contribution in [0.4, 0.5) is 0 Å². The maximum absolute atomic E-state index is 5.40. The average Bonchev–Trinajstić information content (AvgIpc) is 1.85. The summed E-state index contributed by atoms with van der Waals surface area (Å²) in [4.78, 5) is 2.37. The van der Waals surface area contributed by atoms with Crippen molar-refractivity contribution < 1.29 is 4.43 Å². The van der Waals surface area contributed by atoms with Crippen LogP contribution >= 0.6 is 0 Å². The molecule has 3 heteroatoms. The Morgan fingerprint density at radius 2 is 1.36 bits per heavy atom. The Morgan fingerprint density at radius 1 is 1.00 bits per heavy atom. The number of hydrogen-bond donors (Lipinski definition) is 0. The van der Waals surface area contributed by atoms with Gasteiger partial charge in [-0.2, -0.15) is 0 Å². The van der Waals surface area contributed by atoms with Crippen LogP contribution in [0.2, 0.25) is 0 Å². The normalized spacial score (nSPS) is 15.3. The highest BCUT2D eigenvalue weighted by atomic mass is 28.2. The molecule has 0 fully saturated rings. The highest BCUT2D eigenvalue weighted by Crippen LogP contribution is 2.09. The Kier molecular flexibility index (Phi) is 4.96. The fourth-order valence-corrected chi connectivity index (χ4v) is 1.80. The van der Waals surface area contributed by atoms with Crippen LogP contribution in [0.1, 0.15) is 34.6 Å². The maximum atomic E-state index is 5.40. The summed E-state index contributed by atoms with van der Waals surface area (Å²) in [7, 11) is 0.821. The van der Waals surface area contributed by atoms with E-state index in [9.17, 15) is 0 Å². The molecule has 11 heavy (non-hydrogen) atoms. The first-order chi connectivity index (χ1) is 5.00. The SMILES string of the molecule is CC(C)N(C(C)C)C(C)O[SiH3]. The second-order valence-corrected chi connectivity index (χ2v) is 3.94. The maximum Gasteiger partial charge on any atom is 0.148 e. The lowest BCUT2D eigenvalue weighted by Crippen LogP contribution is -2.44. The lowest BCUT2D eigenvalue weighted by molar-refractivity contribution is -0.000609. The molecule has 0 bridgehead atoms. The molecule has 68 valence electrons. The van der Waals surface area contributed by atoms with E-state index in [0.29, 0.717) is 12.1 Å². The van der Waals surface area contributed by atoms with Crippen molar-refractivity contribution in [2.75, 3.05) is 0 Å². The second kappa shape index (κ2) is 4.90. The molecule has 0 aliphatic rings. The van der Waals surface area contributed by atoms with Gasteiger partial charge >= 0.3 is 0 Å². The van der Waals surface area contributed by atoms with E-state index in [1.807, 2.05) is 0 Å². The van der Waals surface area contributed by atoms with E-state index < -0.39 is 0 Å². The van der Waals surface area contributed by atoms with Crippen molar-refractivity contribution in [3.8, 4) is 0 Å². The topological polar surface area (TPSA) is 12.5 Å². The third-order valence-electron chi connectivity index (χ3n) is 1.95. The van der Waals surface area contributed by atoms with Crippen molar-refractivity contribution in [2.45, 2.75) is 52.9 Å². The average molecular weight is 175 g/mol. The van der Waals surface area contributed by atoms with E-state index in [1.54, 1.807) is 0 Å². The van der Waals surface area contributed by atoms with E-state index in [0.717, 1.165) is 10.5 Å². The van der Waals surface area contributed by atoms with Gasteiger partial charge in [0.1, 0.15) is 10.5 Å². The standard InChI is InChI=1S/C8H21NOSi/c1-6(2)9(7(3)4)8(5)10-11/h6-8H,1-5,11H3. The summed E-state index contributed by atoms with van der Waals surface area (Å²) in [5, 5.41) is 0. The molecule has 0 spiro atoms. The van der Waals surface area contributed by atoms with E-state index >= 15 is 0 Å². The molecule has 2 nitrogen and oxygen atoms in total. The third-order valence-corrected chi connectivity index (χ3v) is 2.64. The summed E-state index contributed by atoms with van der Waals surface area (Å²) in [6, 6.07) is 1.14. The van der Waals surface area contributed by atoms with E-state index in [-0.39, 0.29) is 6.23 Å². The first-order valence-electron chi connectivity index (χ1n) is 4.31. The van der Waals surface area contributed by atoms with Crippen LogP contribution < -0.4 is 0 Å². The van der Waals surface area contributed by atoms with Crippen molar-refractivity contribution in [3.63, 3.8) is 0 Å². The van der Waals surface area contributed by atoms with Crippen molar-refractivity contribution in [1.82, 2.24) is 4.90 Å². The minimum absolute atomic E-state index is 0.279. The molecule has 0 aliphatic carbocycles. The molecule has 1 unspecified atom stereocenters. The molecule has 0 rings (SSSR count). The van der Waals surface area contributed by atoms with Crippen LogP contribution in [0.25, 0.3) is 0 Å². The molecule has 1 atom stereocenters. The van der Waals surface area contributed by atoms with E-state index in [4.69, 9.17) is 4.43 Å². The fraction of sp³-hybridized carbons (Fsp3) is 1.00. The zero-order valence-electron chi connectivity index (χ0n) is 8.59. The molecule has 0 aromatic carbocycles. The molecule has 0 aromatic heterocycles. The molecular weight excluding hydrogens is 154 g/mol. The van der Waals surface area contributed by atoms with Crippen molar-refractivity contribution >= 4 is 10.5 Å². The Labute approximate surface area is 73.5 Å². The molecule has 0 heterocycles. The highest BCUT2D eigenvalue weighted by Gasteiger charge is 2.18. The van der Waals surface area contributed by atoms with E-state index in [2.05, 4.69) is 39.5 Å². The monoisotopic (exact) mass is 175 g/mol. The van der Waals surface area contributed by atoms with Gasteiger partial charge in [0.2, 0.25) is 0 Å². The van der Waals surface area contributed by atoms with Crippen LogP contribution in [0.3, 0.4) is 0 Å². The Hall–Kier alpha value is 0.137. The molecule has 0 N–H and O–H groups in total. The molecule has 0 aromatic rings. The summed E-state index contributed by atoms with van der Waals surface area (Å²) < 4.78 is 5.40. The molecule has 0 saturated heterocycles. The second-order valence-electron chi connectivity index (χ2n) is 3.47. The van der Waals surface area contributed by atoms with Gasteiger partial charge in [-0.05, 0) is 34.6 Å². The molecular formula is C8H21NOSi. The predicted octanol–water partition coefficient (Wildman–Crippen LogP) is 0.748. The van der Waals surface area contributed by atoms with Gasteiger partial charge in [-0.3, -0.25) is 4.90 Å². The molecule has 0 aliphatic heterocycles. The lowest BCUT2D eigenvalue weighted by Gasteiger charge is -2.35. The third kappa shape index (κ3) is 3.36. The zero-order chi connectivity index (χ0) is 9.02. The zero-order valence-corrected chi connectivity index (χ0v) is 10.6. The van der Waals surface area contributed by atoms with Crippen LogP contribution in [-0.4, -0.2) is 33.7 Å². The summed E-state index contributed by atoms with van der Waals surface area (Å²) in [6.45, 7) is 10.9. The van der Waals surface area contributed by atoms with Crippen LogP contribution in [0, 0.1) is 0 Å². The van der Waals surface area contributed by atoms with Crippen molar-refractivity contribution in [1.29, 1.82) is 0 Å². The highest BCUT2D eigenvalue weighted by molar-refractivity contribution is 5.98. The summed E-state index contributed by atoms with van der Waals surface area (Å²) in [6.07, 6.45) is 0.279. The van der Waals surface area contributed by atoms with Crippen molar-refractivity contribution in [3.05, 3.63) is 0 Å². The summed E-state index contributed by atoms with van der Waals surface area (Å²) in [5.41, 5.74) is 0. The Bertz CT molecular complexity index is 98.3. The van der Waals surface area contributed by atoms with Gasteiger partial charge in [-0.1, -0.05) is 0 Å². The van der Waals surface area contributed by atoms with Gasteiger partial charge in [-0.25, -0.2) is 0 Å². The van der Waals surface area contributed by atoms with Gasteiger partial charge in [0.25, 0.3) is 0 Å². The minimum Gasteiger partial charge on any atom is -0.413 e. The van der Waals surface area contributed by atoms with E-state index in [1.165, 1.54) is 0 Å². The number of nitrogens with zero attached hydrogens (tertiary/aromatic N) is 1. The van der Waals surface area contributed by atoms with Crippen molar-refractivity contribution in [2.24, 2.45) is 0 Å².